The topological polar surface area (TPSA) is 12.0 Å². The van der Waals surface area contributed by atoms with Crippen LogP contribution in [0.15, 0.2) is 44.4 Å². The molecule has 108 valence electrons. The fourth-order valence-corrected chi connectivity index (χ4v) is 4.75. The summed E-state index contributed by atoms with van der Waals surface area (Å²) in [6.45, 7) is 5.44. The van der Waals surface area contributed by atoms with E-state index in [0.717, 1.165) is 18.7 Å². The zero-order valence-electron chi connectivity index (χ0n) is 11.9. The van der Waals surface area contributed by atoms with Gasteiger partial charge in [0.2, 0.25) is 0 Å². The van der Waals surface area contributed by atoms with E-state index in [1.807, 2.05) is 11.8 Å². The van der Waals surface area contributed by atoms with Crippen molar-refractivity contribution in [1.82, 2.24) is 5.32 Å². The van der Waals surface area contributed by atoms with Crippen molar-refractivity contribution >= 4 is 39.0 Å². The van der Waals surface area contributed by atoms with Crippen molar-refractivity contribution in [1.29, 1.82) is 0 Å². The summed E-state index contributed by atoms with van der Waals surface area (Å²) in [7, 11) is 0. The lowest BCUT2D eigenvalue weighted by Gasteiger charge is -2.18. The highest BCUT2D eigenvalue weighted by Gasteiger charge is 2.15. The number of halogens is 1. The maximum atomic E-state index is 3.66. The molecule has 2 aromatic rings. The molecular weight excluding hydrogens is 350 g/mol. The molecule has 4 heteroatoms. The molecule has 0 fully saturated rings. The second-order valence-electron chi connectivity index (χ2n) is 4.76. The van der Waals surface area contributed by atoms with Gasteiger partial charge in [-0.1, -0.05) is 25.1 Å². The van der Waals surface area contributed by atoms with Crippen molar-refractivity contribution in [3.05, 3.63) is 50.6 Å². The van der Waals surface area contributed by atoms with Crippen molar-refractivity contribution < 1.29 is 0 Å². The first kappa shape index (κ1) is 16.1. The number of rotatable bonds is 7. The van der Waals surface area contributed by atoms with Crippen LogP contribution in [0.4, 0.5) is 0 Å². The summed E-state index contributed by atoms with van der Waals surface area (Å²) in [6, 6.07) is 9.00. The molecule has 1 heterocycles. The van der Waals surface area contributed by atoms with E-state index >= 15 is 0 Å². The van der Waals surface area contributed by atoms with E-state index in [2.05, 4.69) is 70.1 Å². The number of thioether (sulfide) groups is 1. The lowest BCUT2D eigenvalue weighted by atomic mass is 10.2. The number of nitrogens with one attached hydrogen (secondary N) is 1. The van der Waals surface area contributed by atoms with Gasteiger partial charge in [-0.2, -0.15) is 11.3 Å². The smallest absolute Gasteiger partial charge is 0.0434 e. The average Bonchev–Trinajstić information content (AvgIpc) is 2.87. The van der Waals surface area contributed by atoms with Gasteiger partial charge in [-0.3, -0.25) is 0 Å². The Labute approximate surface area is 138 Å². The van der Waals surface area contributed by atoms with Crippen molar-refractivity contribution in [3.8, 4) is 0 Å². The summed E-state index contributed by atoms with van der Waals surface area (Å²) in [5.74, 6) is 1.06. The van der Waals surface area contributed by atoms with Gasteiger partial charge in [0.1, 0.15) is 0 Å². The molecule has 0 radical (unpaired) electrons. The van der Waals surface area contributed by atoms with Crippen molar-refractivity contribution in [2.24, 2.45) is 0 Å². The van der Waals surface area contributed by atoms with Gasteiger partial charge in [0.25, 0.3) is 0 Å². The van der Waals surface area contributed by atoms with E-state index in [-0.39, 0.29) is 0 Å². The summed E-state index contributed by atoms with van der Waals surface area (Å²) < 4.78 is 1.22. The molecule has 1 N–H and O–H groups in total. The van der Waals surface area contributed by atoms with Crippen LogP contribution >= 0.6 is 39.0 Å². The molecule has 0 saturated heterocycles. The Bertz CT molecular complexity index is 539. The van der Waals surface area contributed by atoms with Crippen LogP contribution in [-0.2, 0) is 0 Å². The number of thiophene rings is 1. The van der Waals surface area contributed by atoms with Crippen LogP contribution in [0, 0.1) is 6.92 Å². The Morgan fingerprint density at radius 2 is 2.10 bits per heavy atom. The second kappa shape index (κ2) is 8.23. The lowest BCUT2D eigenvalue weighted by Crippen LogP contribution is -2.24. The molecule has 20 heavy (non-hydrogen) atoms. The Kier molecular flexibility index (Phi) is 6.62. The van der Waals surface area contributed by atoms with Crippen LogP contribution in [0.1, 0.15) is 30.5 Å². The fraction of sp³-hybridized carbons (Fsp3) is 0.375. The highest BCUT2D eigenvalue weighted by Crippen LogP contribution is 2.32. The molecule has 0 amide bonds. The summed E-state index contributed by atoms with van der Waals surface area (Å²) in [6.07, 6.45) is 1.16. The molecule has 1 nitrogen and oxygen atoms in total. The molecule has 0 spiro atoms. The Hall–Kier alpha value is -0.290. The van der Waals surface area contributed by atoms with E-state index in [1.54, 1.807) is 11.3 Å². The monoisotopic (exact) mass is 369 g/mol. The van der Waals surface area contributed by atoms with Gasteiger partial charge >= 0.3 is 0 Å². The highest BCUT2D eigenvalue weighted by atomic mass is 79.9. The summed E-state index contributed by atoms with van der Waals surface area (Å²) >= 11 is 7.35. The molecule has 1 unspecified atom stereocenters. The lowest BCUT2D eigenvalue weighted by molar-refractivity contribution is 0.577. The zero-order valence-corrected chi connectivity index (χ0v) is 15.1. The van der Waals surface area contributed by atoms with Crippen LogP contribution in [0.3, 0.4) is 0 Å². The summed E-state index contributed by atoms with van der Waals surface area (Å²) in [5.41, 5.74) is 2.74. The summed E-state index contributed by atoms with van der Waals surface area (Å²) in [4.78, 5) is 1.38. The van der Waals surface area contributed by atoms with Crippen molar-refractivity contribution in [2.45, 2.75) is 31.2 Å². The summed E-state index contributed by atoms with van der Waals surface area (Å²) in [5, 5.41) is 8.07. The Balaban J connectivity index is 2.05. The first-order valence-corrected chi connectivity index (χ1v) is 9.58. The van der Waals surface area contributed by atoms with Gasteiger partial charge in [0.15, 0.2) is 0 Å². The van der Waals surface area contributed by atoms with Crippen molar-refractivity contribution in [3.63, 3.8) is 0 Å². The zero-order chi connectivity index (χ0) is 14.4. The molecule has 0 aliphatic heterocycles. The number of aryl methyl sites for hydroxylation is 1. The molecular formula is C16H20BrNS2. The van der Waals surface area contributed by atoms with E-state index in [4.69, 9.17) is 0 Å². The number of hydrogen-bond donors (Lipinski definition) is 1. The van der Waals surface area contributed by atoms with Gasteiger partial charge in [0.05, 0.1) is 0 Å². The minimum atomic E-state index is 0.403. The third kappa shape index (κ3) is 4.35. The van der Waals surface area contributed by atoms with Gasteiger partial charge < -0.3 is 5.32 Å². The van der Waals surface area contributed by atoms with Gasteiger partial charge in [-0.15, -0.1) is 11.8 Å². The molecule has 0 saturated carbocycles. The van der Waals surface area contributed by atoms with E-state index < -0.39 is 0 Å². The van der Waals surface area contributed by atoms with Crippen LogP contribution in [0.2, 0.25) is 0 Å². The fourth-order valence-electron chi connectivity index (χ4n) is 2.01. The van der Waals surface area contributed by atoms with Gasteiger partial charge in [-0.25, -0.2) is 0 Å². The van der Waals surface area contributed by atoms with E-state index in [0.29, 0.717) is 6.04 Å². The van der Waals surface area contributed by atoms with Crippen LogP contribution < -0.4 is 5.32 Å². The van der Waals surface area contributed by atoms with Crippen LogP contribution in [0.25, 0.3) is 0 Å². The minimum absolute atomic E-state index is 0.403. The SMILES string of the molecule is CCCNC(CSc1ccccc1C)c1cscc1Br. The molecule has 0 aliphatic carbocycles. The molecule has 1 atom stereocenters. The normalized spacial score (nSPS) is 12.6. The predicted octanol–water partition coefficient (Wildman–Crippen LogP) is 5.65. The maximum Gasteiger partial charge on any atom is 0.0434 e. The molecule has 2 rings (SSSR count). The highest BCUT2D eigenvalue weighted by molar-refractivity contribution is 9.10. The van der Waals surface area contributed by atoms with Crippen LogP contribution in [-0.4, -0.2) is 12.3 Å². The third-order valence-electron chi connectivity index (χ3n) is 3.16. The quantitative estimate of drug-likeness (QED) is 0.632. The first-order chi connectivity index (χ1) is 9.72. The minimum Gasteiger partial charge on any atom is -0.309 e. The van der Waals surface area contributed by atoms with E-state index in [9.17, 15) is 0 Å². The maximum absolute atomic E-state index is 3.66. The number of benzene rings is 1. The number of hydrogen-bond acceptors (Lipinski definition) is 3. The first-order valence-electron chi connectivity index (χ1n) is 6.85. The predicted molar refractivity (Wildman–Crippen MR) is 95.0 cm³/mol. The van der Waals surface area contributed by atoms with Crippen molar-refractivity contribution in [2.75, 3.05) is 12.3 Å². The Morgan fingerprint density at radius 3 is 2.75 bits per heavy atom. The second-order valence-corrected chi connectivity index (χ2v) is 7.42. The van der Waals surface area contributed by atoms with E-state index in [1.165, 1.54) is 20.5 Å². The van der Waals surface area contributed by atoms with Gasteiger partial charge in [-0.05, 0) is 58.4 Å². The molecule has 0 aliphatic rings. The largest absolute Gasteiger partial charge is 0.309 e. The molecule has 1 aromatic carbocycles. The van der Waals surface area contributed by atoms with Gasteiger partial charge in [0, 0.05) is 26.5 Å². The average molecular weight is 370 g/mol. The Morgan fingerprint density at radius 1 is 1.30 bits per heavy atom. The third-order valence-corrected chi connectivity index (χ3v) is 6.18. The standard InChI is InChI=1S/C16H20BrNS2/c1-3-8-18-15(13-9-19-10-14(13)17)11-20-16-7-5-4-6-12(16)2/h4-7,9-10,15,18H,3,8,11H2,1-2H3. The van der Waals surface area contributed by atoms with Crippen LogP contribution in [0.5, 0.6) is 0 Å². The molecule has 0 bridgehead atoms. The molecule has 1 aromatic heterocycles.